The van der Waals surface area contributed by atoms with Gasteiger partial charge >= 0.3 is 0 Å². The van der Waals surface area contributed by atoms with E-state index in [0.717, 1.165) is 0 Å². The van der Waals surface area contributed by atoms with E-state index in [-0.39, 0.29) is 19.0 Å². The van der Waals surface area contributed by atoms with Crippen LogP contribution in [0.4, 0.5) is 4.39 Å². The summed E-state index contributed by atoms with van der Waals surface area (Å²) in [5.74, 6) is 0.771. The third kappa shape index (κ3) is 3.93. The summed E-state index contributed by atoms with van der Waals surface area (Å²) in [5, 5.41) is 10.1. The standard InChI is InChI=1S/C16H18FNO3/c1-20-14-4-2-3-11(8-14)15(19)10-21-16-6-5-13(17)7-12(16)9-18/h2-8,15,19H,9-10,18H2,1H3. The summed E-state index contributed by atoms with van der Waals surface area (Å²) in [6.45, 7) is 0.216. The van der Waals surface area contributed by atoms with Crippen molar-refractivity contribution in [2.45, 2.75) is 12.6 Å². The van der Waals surface area contributed by atoms with Gasteiger partial charge in [-0.2, -0.15) is 0 Å². The van der Waals surface area contributed by atoms with E-state index < -0.39 is 6.10 Å². The molecule has 0 amide bonds. The highest BCUT2D eigenvalue weighted by molar-refractivity contribution is 5.34. The van der Waals surface area contributed by atoms with Gasteiger partial charge in [-0.1, -0.05) is 12.1 Å². The van der Waals surface area contributed by atoms with Gasteiger partial charge in [0.15, 0.2) is 0 Å². The number of nitrogens with two attached hydrogens (primary N) is 1. The molecule has 2 aromatic rings. The van der Waals surface area contributed by atoms with Gasteiger partial charge in [0, 0.05) is 12.1 Å². The first-order chi connectivity index (χ1) is 10.1. The van der Waals surface area contributed by atoms with Gasteiger partial charge < -0.3 is 20.3 Å². The Labute approximate surface area is 122 Å². The third-order valence-electron chi connectivity index (χ3n) is 3.12. The molecular weight excluding hydrogens is 273 g/mol. The fraction of sp³-hybridized carbons (Fsp3) is 0.250. The number of aliphatic hydroxyl groups is 1. The number of methoxy groups -OCH3 is 1. The highest BCUT2D eigenvalue weighted by Crippen LogP contribution is 2.23. The predicted octanol–water partition coefficient (Wildman–Crippen LogP) is 2.41. The van der Waals surface area contributed by atoms with Gasteiger partial charge in [-0.25, -0.2) is 4.39 Å². The van der Waals surface area contributed by atoms with E-state index in [4.69, 9.17) is 15.2 Å². The van der Waals surface area contributed by atoms with Crippen LogP contribution in [0.1, 0.15) is 17.2 Å². The normalized spacial score (nSPS) is 12.0. The van der Waals surface area contributed by atoms with E-state index in [9.17, 15) is 9.50 Å². The molecule has 1 unspecified atom stereocenters. The van der Waals surface area contributed by atoms with Crippen molar-refractivity contribution < 1.29 is 19.0 Å². The van der Waals surface area contributed by atoms with Crippen LogP contribution >= 0.6 is 0 Å². The topological polar surface area (TPSA) is 64.7 Å². The second-order valence-corrected chi connectivity index (χ2v) is 4.56. The summed E-state index contributed by atoms with van der Waals surface area (Å²) in [6.07, 6.45) is -0.809. The van der Waals surface area contributed by atoms with Crippen LogP contribution in [0.5, 0.6) is 11.5 Å². The zero-order chi connectivity index (χ0) is 15.2. The molecule has 0 saturated heterocycles. The largest absolute Gasteiger partial charge is 0.497 e. The van der Waals surface area contributed by atoms with Crippen molar-refractivity contribution in [3.8, 4) is 11.5 Å². The van der Waals surface area contributed by atoms with Crippen molar-refractivity contribution in [1.82, 2.24) is 0 Å². The molecule has 5 heteroatoms. The minimum atomic E-state index is -0.809. The quantitative estimate of drug-likeness (QED) is 0.858. The zero-order valence-corrected chi connectivity index (χ0v) is 11.8. The molecule has 4 nitrogen and oxygen atoms in total. The summed E-state index contributed by atoms with van der Waals surface area (Å²) in [5.41, 5.74) is 6.80. The van der Waals surface area contributed by atoms with E-state index in [1.807, 2.05) is 0 Å². The molecule has 0 saturated carbocycles. The van der Waals surface area contributed by atoms with Crippen molar-refractivity contribution in [1.29, 1.82) is 0 Å². The van der Waals surface area contributed by atoms with Crippen LogP contribution in [0.25, 0.3) is 0 Å². The Morgan fingerprint density at radius 1 is 1.24 bits per heavy atom. The third-order valence-corrected chi connectivity index (χ3v) is 3.12. The van der Waals surface area contributed by atoms with Crippen molar-refractivity contribution >= 4 is 0 Å². The molecule has 3 N–H and O–H groups in total. The van der Waals surface area contributed by atoms with Crippen LogP contribution in [-0.2, 0) is 6.54 Å². The molecule has 112 valence electrons. The summed E-state index contributed by atoms with van der Waals surface area (Å²) < 4.78 is 23.7. The molecule has 2 aromatic carbocycles. The van der Waals surface area contributed by atoms with Crippen molar-refractivity contribution in [2.24, 2.45) is 5.73 Å². The molecule has 0 bridgehead atoms. The summed E-state index contributed by atoms with van der Waals surface area (Å²) in [4.78, 5) is 0. The monoisotopic (exact) mass is 291 g/mol. The Morgan fingerprint density at radius 3 is 2.76 bits per heavy atom. The lowest BCUT2D eigenvalue weighted by molar-refractivity contribution is 0.107. The average Bonchev–Trinajstić information content (AvgIpc) is 2.53. The van der Waals surface area contributed by atoms with Crippen molar-refractivity contribution in [2.75, 3.05) is 13.7 Å². The number of aliphatic hydroxyl groups excluding tert-OH is 1. The lowest BCUT2D eigenvalue weighted by atomic mass is 10.1. The summed E-state index contributed by atoms with van der Waals surface area (Å²) in [6, 6.07) is 11.2. The van der Waals surface area contributed by atoms with Crippen LogP contribution in [0.3, 0.4) is 0 Å². The number of ether oxygens (including phenoxy) is 2. The fourth-order valence-electron chi connectivity index (χ4n) is 1.96. The van der Waals surface area contributed by atoms with Crippen LogP contribution < -0.4 is 15.2 Å². The second-order valence-electron chi connectivity index (χ2n) is 4.56. The van der Waals surface area contributed by atoms with Gasteiger partial charge in [0.2, 0.25) is 0 Å². The highest BCUT2D eigenvalue weighted by atomic mass is 19.1. The van der Waals surface area contributed by atoms with E-state index >= 15 is 0 Å². The minimum absolute atomic E-state index is 0.0474. The second kappa shape index (κ2) is 7.06. The van der Waals surface area contributed by atoms with Crippen LogP contribution in [-0.4, -0.2) is 18.8 Å². The maximum absolute atomic E-state index is 13.1. The van der Waals surface area contributed by atoms with Gasteiger partial charge in [-0.05, 0) is 35.9 Å². The summed E-state index contributed by atoms with van der Waals surface area (Å²) >= 11 is 0. The van der Waals surface area contributed by atoms with E-state index in [1.165, 1.54) is 18.2 Å². The molecule has 2 rings (SSSR count). The van der Waals surface area contributed by atoms with Gasteiger partial charge in [0.25, 0.3) is 0 Å². The Morgan fingerprint density at radius 2 is 2.05 bits per heavy atom. The van der Waals surface area contributed by atoms with Crippen LogP contribution in [0.2, 0.25) is 0 Å². The number of hydrogen-bond donors (Lipinski definition) is 2. The van der Waals surface area contributed by atoms with E-state index in [1.54, 1.807) is 31.4 Å². The molecule has 0 spiro atoms. The molecule has 0 aliphatic carbocycles. The number of halogens is 1. The molecule has 0 radical (unpaired) electrons. The van der Waals surface area contributed by atoms with Crippen LogP contribution in [0, 0.1) is 5.82 Å². The average molecular weight is 291 g/mol. The molecule has 1 atom stereocenters. The first-order valence-corrected chi connectivity index (χ1v) is 6.57. The maximum atomic E-state index is 13.1. The first-order valence-electron chi connectivity index (χ1n) is 6.57. The number of benzene rings is 2. The molecule has 21 heavy (non-hydrogen) atoms. The van der Waals surface area contributed by atoms with Gasteiger partial charge in [0.1, 0.15) is 30.0 Å². The first kappa shape index (κ1) is 15.3. The minimum Gasteiger partial charge on any atom is -0.497 e. The predicted molar refractivity (Wildman–Crippen MR) is 77.7 cm³/mol. The SMILES string of the molecule is COc1cccc(C(O)COc2ccc(F)cc2CN)c1. The fourth-order valence-corrected chi connectivity index (χ4v) is 1.96. The molecular formula is C16H18FNO3. The van der Waals surface area contributed by atoms with Gasteiger partial charge in [-0.3, -0.25) is 0 Å². The highest BCUT2D eigenvalue weighted by Gasteiger charge is 2.11. The molecule has 0 aliphatic rings. The lowest BCUT2D eigenvalue weighted by Crippen LogP contribution is -2.11. The van der Waals surface area contributed by atoms with Crippen molar-refractivity contribution in [3.05, 3.63) is 59.4 Å². The lowest BCUT2D eigenvalue weighted by Gasteiger charge is -2.15. The van der Waals surface area contributed by atoms with Crippen molar-refractivity contribution in [3.63, 3.8) is 0 Å². The van der Waals surface area contributed by atoms with E-state index in [0.29, 0.717) is 22.6 Å². The Kier molecular flexibility index (Phi) is 5.14. The van der Waals surface area contributed by atoms with Gasteiger partial charge in [-0.15, -0.1) is 0 Å². The maximum Gasteiger partial charge on any atom is 0.124 e. The number of rotatable bonds is 6. The Balaban J connectivity index is 2.05. The molecule has 0 heterocycles. The smallest absolute Gasteiger partial charge is 0.124 e. The van der Waals surface area contributed by atoms with E-state index in [2.05, 4.69) is 0 Å². The van der Waals surface area contributed by atoms with Crippen LogP contribution in [0.15, 0.2) is 42.5 Å². The summed E-state index contributed by atoms with van der Waals surface area (Å²) in [7, 11) is 1.56. The zero-order valence-electron chi connectivity index (χ0n) is 11.8. The molecule has 0 aliphatic heterocycles. The number of hydrogen-bond acceptors (Lipinski definition) is 4. The van der Waals surface area contributed by atoms with Gasteiger partial charge in [0.05, 0.1) is 7.11 Å². The Hall–Kier alpha value is -2.11. The molecule has 0 fully saturated rings. The molecule has 0 aromatic heterocycles. The Bertz CT molecular complexity index is 604.